The summed E-state index contributed by atoms with van der Waals surface area (Å²) in [5, 5.41) is 0.203. The van der Waals surface area contributed by atoms with Crippen LogP contribution in [0.25, 0.3) is 0 Å². The van der Waals surface area contributed by atoms with Gasteiger partial charge in [0, 0.05) is 5.02 Å². The Bertz CT molecular complexity index is 386. The predicted molar refractivity (Wildman–Crippen MR) is 68.8 cm³/mol. The number of halogens is 3. The highest BCUT2D eigenvalue weighted by molar-refractivity contribution is 6.32. The molecule has 0 aliphatic heterocycles. The third-order valence-corrected chi connectivity index (χ3v) is 4.30. The molecule has 0 radical (unpaired) electrons. The van der Waals surface area contributed by atoms with E-state index in [1.165, 1.54) is 6.07 Å². The van der Waals surface area contributed by atoms with Gasteiger partial charge in [0.2, 0.25) is 0 Å². The smallest absolute Gasteiger partial charge is 0.127 e. The number of benzene rings is 1. The molecule has 1 unspecified atom stereocenters. The van der Waals surface area contributed by atoms with Gasteiger partial charge in [-0.15, -0.1) is 11.6 Å². The van der Waals surface area contributed by atoms with Crippen molar-refractivity contribution in [3.63, 3.8) is 0 Å². The fourth-order valence-electron chi connectivity index (χ4n) is 1.47. The van der Waals surface area contributed by atoms with E-state index in [1.54, 1.807) is 13.0 Å². The molecule has 0 fully saturated rings. The summed E-state index contributed by atoms with van der Waals surface area (Å²) in [6.07, 6.45) is 0.938. The van der Waals surface area contributed by atoms with Crippen molar-refractivity contribution in [2.75, 3.05) is 0 Å². The average Bonchev–Trinajstić information content (AvgIpc) is 2.22. The van der Waals surface area contributed by atoms with E-state index >= 15 is 0 Å². The topological polar surface area (TPSA) is 0 Å². The third-order valence-electron chi connectivity index (χ3n) is 3.15. The molecule has 3 heteroatoms. The minimum Gasteiger partial charge on any atom is -0.207 e. The summed E-state index contributed by atoms with van der Waals surface area (Å²) in [4.78, 5) is 0. The second-order valence-corrected chi connectivity index (χ2v) is 5.67. The maximum Gasteiger partial charge on any atom is 0.127 e. The van der Waals surface area contributed by atoms with Crippen molar-refractivity contribution in [3.05, 3.63) is 34.1 Å². The standard InChI is InChI=1S/C13H17Cl2F/c1-5-13(3,4)12(15)9-6-8(2)11(16)7-10(9)14/h6-7,12H,5H2,1-4H3. The van der Waals surface area contributed by atoms with Crippen LogP contribution >= 0.6 is 23.2 Å². The highest BCUT2D eigenvalue weighted by Crippen LogP contribution is 2.44. The minimum atomic E-state index is -0.285. The van der Waals surface area contributed by atoms with Gasteiger partial charge in [0.25, 0.3) is 0 Å². The lowest BCUT2D eigenvalue weighted by Crippen LogP contribution is -2.17. The van der Waals surface area contributed by atoms with Crippen LogP contribution in [0.15, 0.2) is 12.1 Å². The summed E-state index contributed by atoms with van der Waals surface area (Å²) in [5.74, 6) is -0.285. The zero-order valence-electron chi connectivity index (χ0n) is 10.1. The molecule has 0 saturated carbocycles. The summed E-state index contributed by atoms with van der Waals surface area (Å²) >= 11 is 12.5. The lowest BCUT2D eigenvalue weighted by Gasteiger charge is -2.29. The van der Waals surface area contributed by atoms with Crippen LogP contribution in [0.5, 0.6) is 0 Å². The molecule has 0 bridgehead atoms. The molecule has 90 valence electrons. The monoisotopic (exact) mass is 262 g/mol. The zero-order valence-corrected chi connectivity index (χ0v) is 11.6. The molecular weight excluding hydrogens is 246 g/mol. The molecule has 0 amide bonds. The Labute approximate surface area is 107 Å². The molecule has 0 aliphatic rings. The minimum absolute atomic E-state index is 0.0601. The molecule has 0 aliphatic carbocycles. The van der Waals surface area contributed by atoms with Gasteiger partial charge in [-0.05, 0) is 36.0 Å². The van der Waals surface area contributed by atoms with Gasteiger partial charge < -0.3 is 0 Å². The molecule has 0 N–H and O–H groups in total. The van der Waals surface area contributed by atoms with E-state index in [0.29, 0.717) is 10.6 Å². The van der Waals surface area contributed by atoms with Crippen LogP contribution in [0.4, 0.5) is 4.39 Å². The van der Waals surface area contributed by atoms with E-state index in [1.807, 2.05) is 0 Å². The zero-order chi connectivity index (χ0) is 12.5. The SMILES string of the molecule is CCC(C)(C)C(Cl)c1cc(C)c(F)cc1Cl. The maximum absolute atomic E-state index is 13.3. The van der Waals surface area contributed by atoms with Gasteiger partial charge in [0.1, 0.15) is 5.82 Å². The average molecular weight is 263 g/mol. The number of aryl methyl sites for hydroxylation is 1. The third kappa shape index (κ3) is 2.70. The van der Waals surface area contributed by atoms with Crippen molar-refractivity contribution in [2.24, 2.45) is 5.41 Å². The van der Waals surface area contributed by atoms with Crippen molar-refractivity contribution < 1.29 is 4.39 Å². The Morgan fingerprint density at radius 2 is 1.94 bits per heavy atom. The summed E-state index contributed by atoms with van der Waals surface area (Å²) in [6, 6.07) is 3.08. The van der Waals surface area contributed by atoms with Crippen LogP contribution < -0.4 is 0 Å². The molecule has 0 aromatic heterocycles. The number of alkyl halides is 1. The predicted octanol–water partition coefficient (Wildman–Crippen LogP) is 5.50. The van der Waals surface area contributed by atoms with Crippen LogP contribution in [0.2, 0.25) is 5.02 Å². The summed E-state index contributed by atoms with van der Waals surface area (Å²) in [6.45, 7) is 7.97. The Balaban J connectivity index is 3.19. The number of hydrogen-bond acceptors (Lipinski definition) is 0. The van der Waals surface area contributed by atoms with Crippen molar-refractivity contribution in [2.45, 2.75) is 39.5 Å². The van der Waals surface area contributed by atoms with Gasteiger partial charge in [-0.25, -0.2) is 4.39 Å². The maximum atomic E-state index is 13.3. The van der Waals surface area contributed by atoms with Crippen molar-refractivity contribution in [1.82, 2.24) is 0 Å². The van der Waals surface area contributed by atoms with Gasteiger partial charge in [-0.3, -0.25) is 0 Å². The molecule has 0 saturated heterocycles. The number of hydrogen-bond donors (Lipinski definition) is 0. The second kappa shape index (κ2) is 4.93. The van der Waals surface area contributed by atoms with Crippen molar-refractivity contribution in [3.8, 4) is 0 Å². The molecule has 16 heavy (non-hydrogen) atoms. The molecular formula is C13H17Cl2F. The highest BCUT2D eigenvalue weighted by Gasteiger charge is 2.29. The Hall–Kier alpha value is -0.270. The highest BCUT2D eigenvalue weighted by atomic mass is 35.5. The van der Waals surface area contributed by atoms with E-state index < -0.39 is 0 Å². The summed E-state index contributed by atoms with van der Waals surface area (Å²) in [5.41, 5.74) is 1.33. The first-order chi connectivity index (χ1) is 7.29. The largest absolute Gasteiger partial charge is 0.207 e. The van der Waals surface area contributed by atoms with Gasteiger partial charge in [-0.2, -0.15) is 0 Å². The van der Waals surface area contributed by atoms with E-state index in [9.17, 15) is 4.39 Å². The first-order valence-electron chi connectivity index (χ1n) is 5.39. The van der Waals surface area contributed by atoms with Crippen molar-refractivity contribution in [1.29, 1.82) is 0 Å². The van der Waals surface area contributed by atoms with Crippen LogP contribution in [0.3, 0.4) is 0 Å². The summed E-state index contributed by atoms with van der Waals surface area (Å²) in [7, 11) is 0. The first-order valence-corrected chi connectivity index (χ1v) is 6.20. The lowest BCUT2D eigenvalue weighted by atomic mass is 9.82. The van der Waals surface area contributed by atoms with E-state index in [-0.39, 0.29) is 16.6 Å². The first kappa shape index (κ1) is 13.8. The molecule has 1 atom stereocenters. The molecule has 0 heterocycles. The Kier molecular flexibility index (Phi) is 4.25. The Morgan fingerprint density at radius 3 is 2.44 bits per heavy atom. The summed E-state index contributed by atoms with van der Waals surface area (Å²) < 4.78 is 13.3. The lowest BCUT2D eigenvalue weighted by molar-refractivity contribution is 0.336. The fraction of sp³-hybridized carbons (Fsp3) is 0.538. The molecule has 1 aromatic carbocycles. The normalized spacial score (nSPS) is 13.9. The Morgan fingerprint density at radius 1 is 1.38 bits per heavy atom. The number of rotatable bonds is 3. The van der Waals surface area contributed by atoms with Crippen molar-refractivity contribution >= 4 is 23.2 Å². The van der Waals surface area contributed by atoms with Gasteiger partial charge in [0.15, 0.2) is 0 Å². The van der Waals surface area contributed by atoms with E-state index in [4.69, 9.17) is 23.2 Å². The van der Waals surface area contributed by atoms with Crippen LogP contribution in [0.1, 0.15) is 43.7 Å². The molecule has 0 nitrogen and oxygen atoms in total. The van der Waals surface area contributed by atoms with E-state index in [0.717, 1.165) is 12.0 Å². The van der Waals surface area contributed by atoms with E-state index in [2.05, 4.69) is 20.8 Å². The fourth-order valence-corrected chi connectivity index (χ4v) is 2.12. The van der Waals surface area contributed by atoms with Crippen LogP contribution in [-0.4, -0.2) is 0 Å². The van der Waals surface area contributed by atoms with Gasteiger partial charge in [-0.1, -0.05) is 38.4 Å². The molecule has 0 spiro atoms. The molecule has 1 aromatic rings. The second-order valence-electron chi connectivity index (χ2n) is 4.83. The van der Waals surface area contributed by atoms with Crippen LogP contribution in [0, 0.1) is 18.2 Å². The quantitative estimate of drug-likeness (QED) is 0.631. The van der Waals surface area contributed by atoms with Gasteiger partial charge >= 0.3 is 0 Å². The van der Waals surface area contributed by atoms with Crippen LogP contribution in [-0.2, 0) is 0 Å². The van der Waals surface area contributed by atoms with Gasteiger partial charge in [0.05, 0.1) is 5.38 Å². The molecule has 1 rings (SSSR count).